The molecule has 1 N–H and O–H groups in total. The highest BCUT2D eigenvalue weighted by atomic mass is 33.1. The summed E-state index contributed by atoms with van der Waals surface area (Å²) in [5.41, 5.74) is 1.92. The topological polar surface area (TPSA) is 51.2 Å². The fourth-order valence-electron chi connectivity index (χ4n) is 2.57. The van der Waals surface area contributed by atoms with Crippen molar-refractivity contribution in [3.8, 4) is 0 Å². The third-order valence-corrected chi connectivity index (χ3v) is 6.68. The summed E-state index contributed by atoms with van der Waals surface area (Å²) in [6, 6.07) is 13.6. The number of carbonyl (C=O) groups is 1. The molecule has 1 aliphatic rings. The first-order valence-electron chi connectivity index (χ1n) is 7.99. The Bertz CT molecular complexity index is 664. The predicted octanol–water partition coefficient (Wildman–Crippen LogP) is 5.30. The molecule has 1 heterocycles. The molecular formula is C18H20N2O2S2. The molecule has 1 aromatic carbocycles. The van der Waals surface area contributed by atoms with Gasteiger partial charge in [0, 0.05) is 11.9 Å². The maximum absolute atomic E-state index is 12.1. The minimum Gasteiger partial charge on any atom is -0.445 e. The Morgan fingerprint density at radius 1 is 1.21 bits per heavy atom. The Morgan fingerprint density at radius 3 is 2.79 bits per heavy atom. The van der Waals surface area contributed by atoms with Gasteiger partial charge < -0.3 is 4.74 Å². The van der Waals surface area contributed by atoms with Crippen LogP contribution in [0.15, 0.2) is 53.7 Å². The number of aromatic nitrogens is 1. The normalized spacial score (nSPS) is 19.9. The van der Waals surface area contributed by atoms with E-state index in [-0.39, 0.29) is 12.2 Å². The number of pyridine rings is 1. The van der Waals surface area contributed by atoms with Crippen molar-refractivity contribution in [2.24, 2.45) is 0 Å². The molecule has 126 valence electrons. The monoisotopic (exact) mass is 360 g/mol. The number of benzene rings is 1. The first kappa shape index (κ1) is 17.2. The molecule has 0 bridgehead atoms. The van der Waals surface area contributed by atoms with Crippen molar-refractivity contribution in [1.29, 1.82) is 0 Å². The summed E-state index contributed by atoms with van der Waals surface area (Å²) in [4.78, 5) is 16.4. The number of nitrogens with one attached hydrogen (secondary N) is 1. The van der Waals surface area contributed by atoms with E-state index in [0.717, 1.165) is 35.5 Å². The quantitative estimate of drug-likeness (QED) is 0.733. The lowest BCUT2D eigenvalue weighted by Crippen LogP contribution is -2.26. The van der Waals surface area contributed by atoms with E-state index in [9.17, 15) is 4.79 Å². The van der Waals surface area contributed by atoms with E-state index in [1.165, 1.54) is 0 Å². The van der Waals surface area contributed by atoms with Crippen LogP contribution in [0.4, 0.5) is 10.5 Å². The molecule has 0 aliphatic heterocycles. The number of aryl methyl sites for hydroxylation is 1. The summed E-state index contributed by atoms with van der Waals surface area (Å²) < 4.78 is 5.64. The van der Waals surface area contributed by atoms with Crippen LogP contribution in [-0.2, 0) is 4.74 Å². The minimum atomic E-state index is -0.376. The number of rotatable bonds is 5. The van der Waals surface area contributed by atoms with Gasteiger partial charge in [0.15, 0.2) is 0 Å². The molecule has 0 spiro atoms. The van der Waals surface area contributed by atoms with Crippen LogP contribution in [0.1, 0.15) is 24.8 Å². The zero-order chi connectivity index (χ0) is 16.8. The molecule has 1 aliphatic carbocycles. The Morgan fingerprint density at radius 2 is 2.04 bits per heavy atom. The smallest absolute Gasteiger partial charge is 0.411 e. The Balaban J connectivity index is 1.49. The summed E-state index contributed by atoms with van der Waals surface area (Å²) in [7, 11) is 3.39. The lowest BCUT2D eigenvalue weighted by molar-refractivity contribution is 0.117. The number of carbonyl (C=O) groups excluding carboxylic acids is 1. The van der Waals surface area contributed by atoms with Crippen LogP contribution in [0.25, 0.3) is 0 Å². The van der Waals surface area contributed by atoms with Crippen LogP contribution < -0.4 is 5.32 Å². The van der Waals surface area contributed by atoms with E-state index in [1.54, 1.807) is 27.8 Å². The highest BCUT2D eigenvalue weighted by Crippen LogP contribution is 2.41. The maximum atomic E-state index is 12.1. The highest BCUT2D eigenvalue weighted by molar-refractivity contribution is 8.76. The molecule has 6 heteroatoms. The van der Waals surface area contributed by atoms with Crippen LogP contribution in [0.3, 0.4) is 0 Å². The van der Waals surface area contributed by atoms with Crippen LogP contribution in [0.2, 0.25) is 0 Å². The van der Waals surface area contributed by atoms with Gasteiger partial charge in [-0.05, 0) is 61.2 Å². The second-order valence-corrected chi connectivity index (χ2v) is 8.21. The molecule has 1 aromatic heterocycles. The molecule has 1 fully saturated rings. The molecule has 2 aromatic rings. The Hall–Kier alpha value is -1.66. The molecule has 1 saturated carbocycles. The van der Waals surface area contributed by atoms with Gasteiger partial charge in [-0.3, -0.25) is 5.32 Å². The molecule has 1 amide bonds. The lowest BCUT2D eigenvalue weighted by Gasteiger charge is -2.19. The van der Waals surface area contributed by atoms with Gasteiger partial charge in [0.2, 0.25) is 0 Å². The molecule has 4 nitrogen and oxygen atoms in total. The molecule has 24 heavy (non-hydrogen) atoms. The number of hydrogen-bond acceptors (Lipinski definition) is 5. The Labute approximate surface area is 150 Å². The van der Waals surface area contributed by atoms with Crippen molar-refractivity contribution in [2.75, 3.05) is 5.32 Å². The van der Waals surface area contributed by atoms with Gasteiger partial charge in [-0.1, -0.05) is 34.6 Å². The van der Waals surface area contributed by atoms with Gasteiger partial charge in [0.25, 0.3) is 0 Å². The van der Waals surface area contributed by atoms with Crippen LogP contribution in [0, 0.1) is 6.92 Å². The molecule has 0 radical (unpaired) electrons. The third-order valence-electron chi connectivity index (χ3n) is 3.84. The first-order chi connectivity index (χ1) is 11.7. The average Bonchev–Trinajstić information content (AvgIpc) is 3.03. The van der Waals surface area contributed by atoms with Gasteiger partial charge in [0.05, 0.1) is 5.25 Å². The van der Waals surface area contributed by atoms with Crippen molar-refractivity contribution in [3.63, 3.8) is 0 Å². The Kier molecular flexibility index (Phi) is 6.04. The fourth-order valence-corrected chi connectivity index (χ4v) is 5.23. The van der Waals surface area contributed by atoms with Crippen molar-refractivity contribution < 1.29 is 9.53 Å². The second kappa shape index (κ2) is 8.44. The summed E-state index contributed by atoms with van der Waals surface area (Å²) in [6.07, 6.45) is 4.44. The van der Waals surface area contributed by atoms with Gasteiger partial charge in [0.1, 0.15) is 11.1 Å². The summed E-state index contributed by atoms with van der Waals surface area (Å²) >= 11 is 0. The summed E-state index contributed by atoms with van der Waals surface area (Å²) in [6.45, 7) is 2.02. The largest absolute Gasteiger partial charge is 0.445 e. The molecule has 0 unspecified atom stereocenters. The molecular weight excluding hydrogens is 340 g/mol. The first-order valence-corrected chi connectivity index (χ1v) is 10.2. The highest BCUT2D eigenvalue weighted by Gasteiger charge is 2.31. The SMILES string of the molecule is Cc1ccc(NC(=O)O[C@@H]2CCC[C@H]2SSc2ccccn2)cc1. The lowest BCUT2D eigenvalue weighted by atomic mass is 10.2. The average molecular weight is 361 g/mol. The van der Waals surface area contributed by atoms with Gasteiger partial charge in [-0.25, -0.2) is 9.78 Å². The van der Waals surface area contributed by atoms with Gasteiger partial charge >= 0.3 is 6.09 Å². The van der Waals surface area contributed by atoms with Crippen molar-refractivity contribution >= 4 is 33.4 Å². The summed E-state index contributed by atoms with van der Waals surface area (Å²) in [5, 5.41) is 4.09. The zero-order valence-corrected chi connectivity index (χ0v) is 15.1. The van der Waals surface area contributed by atoms with Crippen LogP contribution in [-0.4, -0.2) is 22.4 Å². The summed E-state index contributed by atoms with van der Waals surface area (Å²) in [5.74, 6) is 0. The fraction of sp³-hybridized carbons (Fsp3) is 0.333. The zero-order valence-electron chi connectivity index (χ0n) is 13.5. The number of amides is 1. The molecule has 3 rings (SSSR count). The molecule has 2 atom stereocenters. The van der Waals surface area contributed by atoms with E-state index in [4.69, 9.17) is 4.74 Å². The van der Waals surface area contributed by atoms with E-state index in [0.29, 0.717) is 5.25 Å². The number of hydrogen-bond donors (Lipinski definition) is 1. The van der Waals surface area contributed by atoms with E-state index < -0.39 is 0 Å². The van der Waals surface area contributed by atoms with E-state index in [2.05, 4.69) is 10.3 Å². The van der Waals surface area contributed by atoms with Crippen molar-refractivity contribution in [3.05, 3.63) is 54.2 Å². The van der Waals surface area contributed by atoms with Crippen LogP contribution >= 0.6 is 21.6 Å². The number of nitrogens with zero attached hydrogens (tertiary/aromatic N) is 1. The second-order valence-electron chi connectivity index (χ2n) is 5.75. The van der Waals surface area contributed by atoms with Gasteiger partial charge in [-0.15, -0.1) is 0 Å². The number of ether oxygens (including phenoxy) is 1. The predicted molar refractivity (Wildman–Crippen MR) is 100 cm³/mol. The van der Waals surface area contributed by atoms with Crippen molar-refractivity contribution in [2.45, 2.75) is 42.6 Å². The maximum Gasteiger partial charge on any atom is 0.411 e. The molecule has 0 saturated heterocycles. The van der Waals surface area contributed by atoms with Gasteiger partial charge in [-0.2, -0.15) is 0 Å². The minimum absolute atomic E-state index is 0.0448. The van der Waals surface area contributed by atoms with Crippen LogP contribution in [0.5, 0.6) is 0 Å². The standard InChI is InChI=1S/C18H20N2O2S2/c1-13-8-10-14(11-9-13)20-18(21)22-15-5-4-6-16(15)23-24-17-7-2-3-12-19-17/h2-3,7-12,15-16H,4-6H2,1H3,(H,20,21)/t15-,16-/m1/s1. The number of anilines is 1. The van der Waals surface area contributed by atoms with E-state index >= 15 is 0 Å². The van der Waals surface area contributed by atoms with Crippen molar-refractivity contribution in [1.82, 2.24) is 4.98 Å². The van der Waals surface area contributed by atoms with E-state index in [1.807, 2.05) is 49.4 Å². The third kappa shape index (κ3) is 4.92.